The molecule has 1 unspecified atom stereocenters. The van der Waals surface area contributed by atoms with Crippen LogP contribution in [0, 0.1) is 0 Å². The Morgan fingerprint density at radius 2 is 0.476 bits per heavy atom. The van der Waals surface area contributed by atoms with E-state index in [1.54, 1.807) is 0 Å². The Labute approximate surface area is 506 Å². The van der Waals surface area contributed by atoms with Gasteiger partial charge in [-0.1, -0.05) is 276 Å². The topological polar surface area (TPSA) is 78.9 Å². The van der Waals surface area contributed by atoms with E-state index in [1.807, 2.05) is 0 Å². The second-order valence-corrected chi connectivity index (χ2v) is 22.0. The van der Waals surface area contributed by atoms with Crippen molar-refractivity contribution in [2.45, 2.75) is 303 Å². The maximum Gasteiger partial charge on any atom is 0.306 e. The third-order valence-electron chi connectivity index (χ3n) is 14.0. The Morgan fingerprint density at radius 1 is 0.256 bits per heavy atom. The Balaban J connectivity index is 4.30. The molecule has 0 aromatic rings. The molecule has 0 aliphatic rings. The summed E-state index contributed by atoms with van der Waals surface area (Å²) in [4.78, 5) is 38.3. The quantitative estimate of drug-likeness (QED) is 0.0261. The van der Waals surface area contributed by atoms with Crippen molar-refractivity contribution in [2.75, 3.05) is 13.2 Å². The highest BCUT2D eigenvalue weighted by molar-refractivity contribution is 5.71. The van der Waals surface area contributed by atoms with E-state index in [2.05, 4.69) is 167 Å². The van der Waals surface area contributed by atoms with Crippen LogP contribution in [0.4, 0.5) is 0 Å². The van der Waals surface area contributed by atoms with Gasteiger partial charge < -0.3 is 14.2 Å². The summed E-state index contributed by atoms with van der Waals surface area (Å²) in [6, 6.07) is 0. The van der Waals surface area contributed by atoms with E-state index in [0.717, 1.165) is 154 Å². The summed E-state index contributed by atoms with van der Waals surface area (Å²) in [5, 5.41) is 0. The van der Waals surface area contributed by atoms with Gasteiger partial charge in [0.1, 0.15) is 13.2 Å². The van der Waals surface area contributed by atoms with Crippen molar-refractivity contribution in [2.24, 2.45) is 0 Å². The summed E-state index contributed by atoms with van der Waals surface area (Å²) in [6.45, 7) is 6.47. The van der Waals surface area contributed by atoms with Gasteiger partial charge in [-0.3, -0.25) is 14.4 Å². The molecule has 0 bridgehead atoms. The monoisotopic (exact) mass is 1130 g/mol. The third kappa shape index (κ3) is 66.1. The van der Waals surface area contributed by atoms with Crippen LogP contribution in [-0.4, -0.2) is 37.2 Å². The lowest BCUT2D eigenvalue weighted by Crippen LogP contribution is -2.30. The number of carbonyl (C=O) groups is 3. The van der Waals surface area contributed by atoms with Crippen LogP contribution in [0.3, 0.4) is 0 Å². The summed E-state index contributed by atoms with van der Waals surface area (Å²) in [5.41, 5.74) is 0. The van der Waals surface area contributed by atoms with Crippen LogP contribution in [0.2, 0.25) is 0 Å². The number of hydrogen-bond acceptors (Lipinski definition) is 6. The highest BCUT2D eigenvalue weighted by Crippen LogP contribution is 2.15. The maximum absolute atomic E-state index is 12.9. The molecule has 0 amide bonds. The number of allylic oxidation sites excluding steroid dienone is 24. The molecule has 0 radical (unpaired) electrons. The molecule has 0 spiro atoms. The van der Waals surface area contributed by atoms with Gasteiger partial charge in [-0.2, -0.15) is 0 Å². The van der Waals surface area contributed by atoms with Crippen LogP contribution < -0.4 is 0 Å². The first-order valence-corrected chi connectivity index (χ1v) is 33.8. The van der Waals surface area contributed by atoms with Gasteiger partial charge in [-0.05, 0) is 148 Å². The highest BCUT2D eigenvalue weighted by Gasteiger charge is 2.19. The van der Waals surface area contributed by atoms with Gasteiger partial charge in [0.15, 0.2) is 6.10 Å². The molecule has 0 aliphatic carbocycles. The minimum Gasteiger partial charge on any atom is -0.462 e. The van der Waals surface area contributed by atoms with Gasteiger partial charge >= 0.3 is 17.9 Å². The van der Waals surface area contributed by atoms with E-state index in [-0.39, 0.29) is 31.1 Å². The van der Waals surface area contributed by atoms with Crippen LogP contribution in [0.15, 0.2) is 146 Å². The maximum atomic E-state index is 12.9. The lowest BCUT2D eigenvalue weighted by atomic mass is 10.1. The first kappa shape index (κ1) is 77.3. The van der Waals surface area contributed by atoms with E-state index in [9.17, 15) is 14.4 Å². The summed E-state index contributed by atoms with van der Waals surface area (Å²) in [5.74, 6) is -0.926. The second kappa shape index (κ2) is 68.8. The van der Waals surface area contributed by atoms with Crippen LogP contribution in [0.5, 0.6) is 0 Å². The molecular formula is C76H124O6. The van der Waals surface area contributed by atoms with Crippen molar-refractivity contribution in [1.29, 1.82) is 0 Å². The molecule has 6 nitrogen and oxygen atoms in total. The smallest absolute Gasteiger partial charge is 0.306 e. The fourth-order valence-electron chi connectivity index (χ4n) is 8.99. The third-order valence-corrected chi connectivity index (χ3v) is 14.0. The number of rotatable bonds is 60. The molecule has 0 fully saturated rings. The summed E-state index contributed by atoms with van der Waals surface area (Å²) in [6.07, 6.45) is 98.6. The molecule has 6 heteroatoms. The van der Waals surface area contributed by atoms with E-state index >= 15 is 0 Å². The fourth-order valence-corrected chi connectivity index (χ4v) is 8.99. The Kier molecular flexibility index (Phi) is 64.8. The number of unbranched alkanes of at least 4 members (excludes halogenated alkanes) is 25. The number of esters is 3. The SMILES string of the molecule is CC/C=C\C/C=C\C/C=C\C/C=C\C/C=C\C/C=C\C/C=C\C/C=C\C/C=C\CCCCCCCCCC(=O)OCC(COC(=O)CCCCCCC/C=C\CCCCCCC)OC(=O)CCCCCCC/C=C\C/C=C\CCCCC. The number of ether oxygens (including phenoxy) is 3. The number of carbonyl (C=O) groups excluding carboxylic acids is 3. The Hall–Kier alpha value is -4.71. The zero-order valence-corrected chi connectivity index (χ0v) is 53.2. The predicted molar refractivity (Wildman–Crippen MR) is 357 cm³/mol. The van der Waals surface area contributed by atoms with Gasteiger partial charge in [-0.25, -0.2) is 0 Å². The molecule has 464 valence electrons. The summed E-state index contributed by atoms with van der Waals surface area (Å²) >= 11 is 0. The van der Waals surface area contributed by atoms with Crippen molar-refractivity contribution in [3.8, 4) is 0 Å². The average molecular weight is 1130 g/mol. The first-order valence-electron chi connectivity index (χ1n) is 33.8. The van der Waals surface area contributed by atoms with Gasteiger partial charge in [0.05, 0.1) is 0 Å². The Bertz CT molecular complexity index is 1780. The van der Waals surface area contributed by atoms with Gasteiger partial charge in [0, 0.05) is 19.3 Å². The normalized spacial score (nSPS) is 13.1. The summed E-state index contributed by atoms with van der Waals surface area (Å²) < 4.78 is 16.9. The van der Waals surface area contributed by atoms with Crippen molar-refractivity contribution in [1.82, 2.24) is 0 Å². The minimum atomic E-state index is -0.799. The van der Waals surface area contributed by atoms with Gasteiger partial charge in [0.25, 0.3) is 0 Å². The molecule has 0 N–H and O–H groups in total. The van der Waals surface area contributed by atoms with Crippen molar-refractivity contribution in [3.05, 3.63) is 146 Å². The van der Waals surface area contributed by atoms with Gasteiger partial charge in [-0.15, -0.1) is 0 Å². The number of hydrogen-bond donors (Lipinski definition) is 0. The standard InChI is InChI=1S/C76H124O6/c1-4-7-10-13-16-19-22-25-28-29-30-31-32-33-34-35-36-37-38-39-40-41-42-43-44-45-46-47-49-51-54-57-60-63-66-69-75(78)81-72-73(71-80-74(77)68-65-62-59-56-53-50-27-24-21-18-15-12-9-6-3)82-76(79)70-67-64-61-58-55-52-48-26-23-20-17-14-11-8-5-2/h7,10,16-17,19-20,24-28,30-31,33-34,36-37,39-40,42-43,45-46,48,73H,4-6,8-9,11-15,18,21-23,29,32,35,38,41,44,47,49-72H2,1-3H3/b10-7-,19-16-,20-17-,27-24-,28-25-,31-30-,34-33-,37-36-,40-39-,43-42-,46-45-,48-26-. The molecule has 0 aromatic carbocycles. The van der Waals surface area contributed by atoms with Gasteiger partial charge in [0.2, 0.25) is 0 Å². The largest absolute Gasteiger partial charge is 0.462 e. The summed E-state index contributed by atoms with van der Waals surface area (Å²) in [7, 11) is 0. The lowest BCUT2D eigenvalue weighted by Gasteiger charge is -2.18. The minimum absolute atomic E-state index is 0.0943. The molecule has 0 aromatic heterocycles. The molecule has 0 saturated heterocycles. The van der Waals surface area contributed by atoms with Crippen LogP contribution in [-0.2, 0) is 28.6 Å². The first-order chi connectivity index (χ1) is 40.5. The van der Waals surface area contributed by atoms with E-state index in [4.69, 9.17) is 14.2 Å². The van der Waals surface area contributed by atoms with E-state index in [0.29, 0.717) is 19.3 Å². The predicted octanol–water partition coefficient (Wildman–Crippen LogP) is 23.5. The van der Waals surface area contributed by atoms with Crippen LogP contribution >= 0.6 is 0 Å². The highest BCUT2D eigenvalue weighted by atomic mass is 16.6. The second-order valence-electron chi connectivity index (χ2n) is 22.0. The van der Waals surface area contributed by atoms with Crippen molar-refractivity contribution < 1.29 is 28.6 Å². The van der Waals surface area contributed by atoms with E-state index in [1.165, 1.54) is 103 Å². The van der Waals surface area contributed by atoms with Crippen molar-refractivity contribution >= 4 is 17.9 Å². The lowest BCUT2D eigenvalue weighted by molar-refractivity contribution is -0.167. The Morgan fingerprint density at radius 3 is 0.780 bits per heavy atom. The molecule has 1 atom stereocenters. The molecule has 0 rings (SSSR count). The average Bonchev–Trinajstić information content (AvgIpc) is 3.48. The van der Waals surface area contributed by atoms with Crippen LogP contribution in [0.1, 0.15) is 297 Å². The zero-order chi connectivity index (χ0) is 59.2. The molecular weight excluding hydrogens is 1010 g/mol. The van der Waals surface area contributed by atoms with E-state index < -0.39 is 6.10 Å². The zero-order valence-electron chi connectivity index (χ0n) is 53.2. The molecule has 0 heterocycles. The molecule has 0 aliphatic heterocycles. The van der Waals surface area contributed by atoms with Crippen molar-refractivity contribution in [3.63, 3.8) is 0 Å². The molecule has 82 heavy (non-hydrogen) atoms. The van der Waals surface area contributed by atoms with Crippen LogP contribution in [0.25, 0.3) is 0 Å². The molecule has 0 saturated carbocycles. The fraction of sp³-hybridized carbons (Fsp3) is 0.645.